The minimum absolute atomic E-state index is 0.814. The molecule has 0 saturated heterocycles. The number of pyridine rings is 1. The minimum atomic E-state index is 0.814. The van der Waals surface area contributed by atoms with Crippen LogP contribution in [0.2, 0.25) is 0 Å². The van der Waals surface area contributed by atoms with E-state index < -0.39 is 0 Å². The zero-order chi connectivity index (χ0) is 11.5. The Hall–Kier alpha value is -1.83. The number of hydrogen-bond acceptors (Lipinski definition) is 2. The summed E-state index contributed by atoms with van der Waals surface area (Å²) in [6.07, 6.45) is 1.77. The predicted octanol–water partition coefficient (Wildman–Crippen LogP) is 3.37. The Morgan fingerprint density at radius 2 is 1.75 bits per heavy atom. The number of rotatable bonds is 2. The van der Waals surface area contributed by atoms with Gasteiger partial charge in [0.05, 0.1) is 13.3 Å². The highest BCUT2D eigenvalue weighted by Gasteiger charge is 2.06. The van der Waals surface area contributed by atoms with Crippen LogP contribution in [0.1, 0.15) is 11.3 Å². The molecule has 0 spiro atoms. The van der Waals surface area contributed by atoms with Gasteiger partial charge in [0.25, 0.3) is 0 Å². The molecule has 0 unspecified atom stereocenters. The molecule has 0 atom stereocenters. The summed E-state index contributed by atoms with van der Waals surface area (Å²) >= 11 is 0. The van der Waals surface area contributed by atoms with Crippen LogP contribution in [0.25, 0.3) is 11.1 Å². The van der Waals surface area contributed by atoms with Crippen LogP contribution in [0.15, 0.2) is 36.5 Å². The molecule has 2 nitrogen and oxygen atoms in total. The maximum atomic E-state index is 5.32. The van der Waals surface area contributed by atoms with Gasteiger partial charge in [-0.25, -0.2) is 0 Å². The lowest BCUT2D eigenvalue weighted by atomic mass is 10.0. The van der Waals surface area contributed by atoms with Crippen LogP contribution in [0.5, 0.6) is 5.75 Å². The summed E-state index contributed by atoms with van der Waals surface area (Å²) in [6.45, 7) is 4.07. The molecule has 82 valence electrons. The second kappa shape index (κ2) is 4.35. The molecule has 0 aliphatic rings. The Bertz CT molecular complexity index is 489. The molecule has 1 aromatic heterocycles. The average Bonchev–Trinajstić information content (AvgIpc) is 2.30. The largest absolute Gasteiger partial charge is 0.494 e. The molecule has 0 aliphatic heterocycles. The zero-order valence-electron chi connectivity index (χ0n) is 9.82. The van der Waals surface area contributed by atoms with Crippen LogP contribution >= 0.6 is 0 Å². The van der Waals surface area contributed by atoms with Gasteiger partial charge in [-0.1, -0.05) is 29.8 Å². The molecule has 1 aromatic carbocycles. The Balaban J connectivity index is 2.53. The van der Waals surface area contributed by atoms with Crippen LogP contribution in [0.4, 0.5) is 0 Å². The van der Waals surface area contributed by atoms with Crippen LogP contribution < -0.4 is 4.74 Å². The van der Waals surface area contributed by atoms with Crippen LogP contribution in [-0.4, -0.2) is 12.1 Å². The third kappa shape index (κ3) is 2.06. The fourth-order valence-corrected chi connectivity index (χ4v) is 1.67. The molecule has 0 amide bonds. The van der Waals surface area contributed by atoms with E-state index in [2.05, 4.69) is 36.2 Å². The average molecular weight is 213 g/mol. The van der Waals surface area contributed by atoms with Crippen molar-refractivity contribution in [3.05, 3.63) is 47.8 Å². The van der Waals surface area contributed by atoms with E-state index in [0.717, 1.165) is 22.6 Å². The maximum Gasteiger partial charge on any atom is 0.144 e. The van der Waals surface area contributed by atoms with E-state index in [-0.39, 0.29) is 0 Å². The van der Waals surface area contributed by atoms with Gasteiger partial charge < -0.3 is 4.74 Å². The molecule has 2 aromatic rings. The van der Waals surface area contributed by atoms with Crippen molar-refractivity contribution in [2.24, 2.45) is 0 Å². The molecule has 0 aliphatic carbocycles. The van der Waals surface area contributed by atoms with Crippen molar-refractivity contribution >= 4 is 0 Å². The number of nitrogens with zero attached hydrogens (tertiary/aromatic N) is 1. The third-order valence-electron chi connectivity index (χ3n) is 2.59. The van der Waals surface area contributed by atoms with Gasteiger partial charge in [0.2, 0.25) is 0 Å². The van der Waals surface area contributed by atoms with Gasteiger partial charge in [-0.15, -0.1) is 0 Å². The molecule has 0 N–H and O–H groups in total. The number of benzene rings is 1. The molecule has 2 heteroatoms. The van der Waals surface area contributed by atoms with E-state index in [1.807, 2.05) is 13.0 Å². The van der Waals surface area contributed by atoms with E-state index >= 15 is 0 Å². The highest BCUT2D eigenvalue weighted by atomic mass is 16.5. The van der Waals surface area contributed by atoms with Crippen molar-refractivity contribution in [2.45, 2.75) is 13.8 Å². The van der Waals surface area contributed by atoms with Crippen molar-refractivity contribution < 1.29 is 4.74 Å². The van der Waals surface area contributed by atoms with E-state index in [4.69, 9.17) is 4.74 Å². The van der Waals surface area contributed by atoms with E-state index in [1.54, 1.807) is 13.3 Å². The summed E-state index contributed by atoms with van der Waals surface area (Å²) in [7, 11) is 1.67. The Morgan fingerprint density at radius 1 is 1.06 bits per heavy atom. The summed E-state index contributed by atoms with van der Waals surface area (Å²) in [5, 5.41) is 0. The maximum absolute atomic E-state index is 5.32. The standard InChI is InChI=1S/C14H15NO/c1-10-4-6-12(7-5-10)13-8-11(2)15-9-14(13)16-3/h4-9H,1-3H3. The summed E-state index contributed by atoms with van der Waals surface area (Å²) in [6, 6.07) is 10.5. The van der Waals surface area contributed by atoms with Gasteiger partial charge in [-0.2, -0.15) is 0 Å². The molecule has 2 rings (SSSR count). The lowest BCUT2D eigenvalue weighted by Gasteiger charge is -2.09. The number of ether oxygens (including phenoxy) is 1. The van der Waals surface area contributed by atoms with Gasteiger partial charge in [-0.05, 0) is 25.5 Å². The van der Waals surface area contributed by atoms with Gasteiger partial charge >= 0.3 is 0 Å². The molecular weight excluding hydrogens is 198 g/mol. The highest BCUT2D eigenvalue weighted by molar-refractivity contribution is 5.70. The lowest BCUT2D eigenvalue weighted by molar-refractivity contribution is 0.414. The SMILES string of the molecule is COc1cnc(C)cc1-c1ccc(C)cc1. The second-order valence-corrected chi connectivity index (χ2v) is 3.89. The molecule has 0 fully saturated rings. The smallest absolute Gasteiger partial charge is 0.144 e. The van der Waals surface area contributed by atoms with E-state index in [9.17, 15) is 0 Å². The Kier molecular flexibility index (Phi) is 2.91. The van der Waals surface area contributed by atoms with Crippen molar-refractivity contribution in [1.82, 2.24) is 4.98 Å². The minimum Gasteiger partial charge on any atom is -0.494 e. The molecule has 16 heavy (non-hydrogen) atoms. The van der Waals surface area contributed by atoms with Gasteiger partial charge in [0.15, 0.2) is 0 Å². The summed E-state index contributed by atoms with van der Waals surface area (Å²) in [5.74, 6) is 0.814. The number of aryl methyl sites for hydroxylation is 2. The zero-order valence-corrected chi connectivity index (χ0v) is 9.82. The van der Waals surface area contributed by atoms with Crippen molar-refractivity contribution in [3.8, 4) is 16.9 Å². The second-order valence-electron chi connectivity index (χ2n) is 3.89. The normalized spacial score (nSPS) is 10.2. The van der Waals surface area contributed by atoms with Crippen LogP contribution in [0.3, 0.4) is 0 Å². The van der Waals surface area contributed by atoms with Gasteiger partial charge in [0, 0.05) is 11.3 Å². The van der Waals surface area contributed by atoms with Gasteiger partial charge in [0.1, 0.15) is 5.75 Å². The number of methoxy groups -OCH3 is 1. The fraction of sp³-hybridized carbons (Fsp3) is 0.214. The van der Waals surface area contributed by atoms with Crippen molar-refractivity contribution in [2.75, 3.05) is 7.11 Å². The summed E-state index contributed by atoms with van der Waals surface area (Å²) in [5.41, 5.74) is 4.51. The van der Waals surface area contributed by atoms with Crippen molar-refractivity contribution in [1.29, 1.82) is 0 Å². The highest BCUT2D eigenvalue weighted by Crippen LogP contribution is 2.29. The molecule has 0 saturated carbocycles. The molecule has 1 heterocycles. The molecule has 0 bridgehead atoms. The first-order valence-corrected chi connectivity index (χ1v) is 5.28. The monoisotopic (exact) mass is 213 g/mol. The lowest BCUT2D eigenvalue weighted by Crippen LogP contribution is -1.91. The predicted molar refractivity (Wildman–Crippen MR) is 65.7 cm³/mol. The first kappa shape index (κ1) is 10.7. The number of aromatic nitrogens is 1. The fourth-order valence-electron chi connectivity index (χ4n) is 1.67. The quantitative estimate of drug-likeness (QED) is 0.763. The Labute approximate surface area is 95.9 Å². The van der Waals surface area contributed by atoms with Crippen LogP contribution in [-0.2, 0) is 0 Å². The molecule has 0 radical (unpaired) electrons. The summed E-state index contributed by atoms with van der Waals surface area (Å²) in [4.78, 5) is 4.23. The first-order valence-electron chi connectivity index (χ1n) is 5.28. The van der Waals surface area contributed by atoms with Gasteiger partial charge in [-0.3, -0.25) is 4.98 Å². The van der Waals surface area contributed by atoms with Crippen molar-refractivity contribution in [3.63, 3.8) is 0 Å². The van der Waals surface area contributed by atoms with Crippen LogP contribution in [0, 0.1) is 13.8 Å². The Morgan fingerprint density at radius 3 is 2.38 bits per heavy atom. The molecular formula is C14H15NO. The summed E-state index contributed by atoms with van der Waals surface area (Å²) < 4.78 is 5.32. The van der Waals surface area contributed by atoms with E-state index in [0.29, 0.717) is 0 Å². The third-order valence-corrected chi connectivity index (χ3v) is 2.59. The van der Waals surface area contributed by atoms with E-state index in [1.165, 1.54) is 5.56 Å². The number of hydrogen-bond donors (Lipinski definition) is 0. The first-order chi connectivity index (χ1) is 7.70. The topological polar surface area (TPSA) is 22.1 Å².